The van der Waals surface area contributed by atoms with Crippen molar-refractivity contribution < 1.29 is 9.84 Å². The number of rotatable bonds is 4. The lowest BCUT2D eigenvalue weighted by Gasteiger charge is -2.39. The highest BCUT2D eigenvalue weighted by atomic mass is 16.5. The van der Waals surface area contributed by atoms with Gasteiger partial charge in [0, 0.05) is 13.7 Å². The Morgan fingerprint density at radius 2 is 1.88 bits per heavy atom. The largest absolute Gasteiger partial charge is 0.396 e. The summed E-state index contributed by atoms with van der Waals surface area (Å²) in [5, 5.41) is 9.12. The number of benzene rings is 1. The van der Waals surface area contributed by atoms with Crippen molar-refractivity contribution in [2.45, 2.75) is 43.6 Å². The van der Waals surface area contributed by atoms with Gasteiger partial charge in [-0.05, 0) is 43.6 Å². The molecule has 1 aromatic rings. The standard InChI is InChI=1S/C15H22O2/c1-17-15(11-12-16)9-7-14(8-10-15)13-5-3-2-4-6-13/h2-6,14,16H,7-12H2,1H3. The van der Waals surface area contributed by atoms with Gasteiger partial charge in [0.25, 0.3) is 0 Å². The first kappa shape index (κ1) is 12.6. The summed E-state index contributed by atoms with van der Waals surface area (Å²) in [7, 11) is 1.78. The van der Waals surface area contributed by atoms with Crippen LogP contribution in [-0.2, 0) is 4.74 Å². The molecule has 0 unspecified atom stereocenters. The molecule has 0 heterocycles. The van der Waals surface area contributed by atoms with E-state index in [1.165, 1.54) is 5.56 Å². The molecule has 2 nitrogen and oxygen atoms in total. The molecule has 1 fully saturated rings. The van der Waals surface area contributed by atoms with Crippen molar-refractivity contribution in [1.29, 1.82) is 0 Å². The monoisotopic (exact) mass is 234 g/mol. The minimum absolute atomic E-state index is 0.0694. The molecule has 0 radical (unpaired) electrons. The molecule has 0 amide bonds. The second-order valence-corrected chi connectivity index (χ2v) is 5.05. The fourth-order valence-electron chi connectivity index (χ4n) is 2.96. The molecule has 0 saturated heterocycles. The van der Waals surface area contributed by atoms with E-state index in [0.29, 0.717) is 5.92 Å². The van der Waals surface area contributed by atoms with Gasteiger partial charge in [0.1, 0.15) is 0 Å². The third-order valence-corrected chi connectivity index (χ3v) is 4.17. The van der Waals surface area contributed by atoms with Crippen LogP contribution in [0, 0.1) is 0 Å². The predicted octanol–water partition coefficient (Wildman–Crippen LogP) is 3.11. The van der Waals surface area contributed by atoms with Gasteiger partial charge in [-0.25, -0.2) is 0 Å². The topological polar surface area (TPSA) is 29.5 Å². The van der Waals surface area contributed by atoms with Gasteiger partial charge in [-0.2, -0.15) is 0 Å². The first-order chi connectivity index (χ1) is 8.29. The molecule has 1 aromatic carbocycles. The van der Waals surface area contributed by atoms with Crippen LogP contribution in [0.1, 0.15) is 43.6 Å². The van der Waals surface area contributed by atoms with Gasteiger partial charge in [-0.15, -0.1) is 0 Å². The van der Waals surface area contributed by atoms with E-state index in [4.69, 9.17) is 9.84 Å². The quantitative estimate of drug-likeness (QED) is 0.867. The first-order valence-corrected chi connectivity index (χ1v) is 6.51. The first-order valence-electron chi connectivity index (χ1n) is 6.51. The van der Waals surface area contributed by atoms with Gasteiger partial charge in [-0.1, -0.05) is 30.3 Å². The van der Waals surface area contributed by atoms with E-state index < -0.39 is 0 Å². The molecule has 0 spiro atoms. The number of hydrogen-bond donors (Lipinski definition) is 1. The molecule has 17 heavy (non-hydrogen) atoms. The van der Waals surface area contributed by atoms with Crippen molar-refractivity contribution in [3.63, 3.8) is 0 Å². The van der Waals surface area contributed by atoms with Crippen molar-refractivity contribution in [1.82, 2.24) is 0 Å². The van der Waals surface area contributed by atoms with E-state index in [-0.39, 0.29) is 12.2 Å². The van der Waals surface area contributed by atoms with Crippen molar-refractivity contribution in [2.75, 3.05) is 13.7 Å². The Hall–Kier alpha value is -0.860. The van der Waals surface area contributed by atoms with Gasteiger partial charge in [-0.3, -0.25) is 0 Å². The number of methoxy groups -OCH3 is 1. The third-order valence-electron chi connectivity index (χ3n) is 4.17. The zero-order valence-electron chi connectivity index (χ0n) is 10.6. The molecular weight excluding hydrogens is 212 g/mol. The average Bonchev–Trinajstić information content (AvgIpc) is 2.41. The van der Waals surface area contributed by atoms with E-state index in [0.717, 1.165) is 32.1 Å². The minimum atomic E-state index is -0.0694. The molecule has 2 rings (SSSR count). The highest BCUT2D eigenvalue weighted by Crippen LogP contribution is 2.41. The van der Waals surface area contributed by atoms with E-state index in [2.05, 4.69) is 30.3 Å². The zero-order valence-corrected chi connectivity index (χ0v) is 10.6. The fourth-order valence-corrected chi connectivity index (χ4v) is 2.96. The Kier molecular flexibility index (Phi) is 4.19. The molecule has 1 aliphatic rings. The number of hydrogen-bond acceptors (Lipinski definition) is 2. The Balaban J connectivity index is 1.98. The van der Waals surface area contributed by atoms with E-state index in [1.807, 2.05) is 0 Å². The lowest BCUT2D eigenvalue weighted by Crippen LogP contribution is -2.36. The summed E-state index contributed by atoms with van der Waals surface area (Å²) < 4.78 is 5.64. The maximum atomic E-state index is 9.12. The summed E-state index contributed by atoms with van der Waals surface area (Å²) in [6.45, 7) is 0.226. The summed E-state index contributed by atoms with van der Waals surface area (Å²) in [4.78, 5) is 0. The van der Waals surface area contributed by atoms with Gasteiger partial charge in [0.15, 0.2) is 0 Å². The molecule has 0 aromatic heterocycles. The summed E-state index contributed by atoms with van der Waals surface area (Å²) in [6, 6.07) is 10.7. The molecule has 0 atom stereocenters. The number of aliphatic hydroxyl groups excluding tert-OH is 1. The Labute approximate surface area is 104 Å². The zero-order chi connectivity index (χ0) is 12.1. The SMILES string of the molecule is COC1(CCO)CCC(c2ccccc2)CC1. The smallest absolute Gasteiger partial charge is 0.0701 e. The summed E-state index contributed by atoms with van der Waals surface area (Å²) in [5.41, 5.74) is 1.38. The molecular formula is C15H22O2. The van der Waals surface area contributed by atoms with Gasteiger partial charge in [0.2, 0.25) is 0 Å². The van der Waals surface area contributed by atoms with Crippen molar-refractivity contribution in [2.24, 2.45) is 0 Å². The number of aliphatic hydroxyl groups is 1. The van der Waals surface area contributed by atoms with Crippen LogP contribution < -0.4 is 0 Å². The number of ether oxygens (including phenoxy) is 1. The lowest BCUT2D eigenvalue weighted by atomic mass is 9.75. The molecule has 0 bridgehead atoms. The predicted molar refractivity (Wildman–Crippen MR) is 69.1 cm³/mol. The van der Waals surface area contributed by atoms with Crippen LogP contribution in [-0.4, -0.2) is 24.4 Å². The molecule has 2 heteroatoms. The molecule has 1 aliphatic carbocycles. The minimum Gasteiger partial charge on any atom is -0.396 e. The van der Waals surface area contributed by atoms with E-state index in [9.17, 15) is 0 Å². The van der Waals surface area contributed by atoms with Crippen LogP contribution in [0.4, 0.5) is 0 Å². The lowest BCUT2D eigenvalue weighted by molar-refractivity contribution is -0.0577. The summed E-state index contributed by atoms with van der Waals surface area (Å²) in [5.74, 6) is 0.665. The molecule has 94 valence electrons. The van der Waals surface area contributed by atoms with Crippen molar-refractivity contribution in [3.8, 4) is 0 Å². The Morgan fingerprint density at radius 1 is 1.24 bits per heavy atom. The fraction of sp³-hybridized carbons (Fsp3) is 0.600. The van der Waals surface area contributed by atoms with Crippen molar-refractivity contribution >= 4 is 0 Å². The van der Waals surface area contributed by atoms with E-state index >= 15 is 0 Å². The maximum Gasteiger partial charge on any atom is 0.0701 e. The van der Waals surface area contributed by atoms with Crippen LogP contribution in [0.3, 0.4) is 0 Å². The third kappa shape index (κ3) is 2.88. The Morgan fingerprint density at radius 3 is 2.41 bits per heavy atom. The Bertz CT molecular complexity index is 326. The normalized spacial score (nSPS) is 29.2. The summed E-state index contributed by atoms with van der Waals surface area (Å²) in [6.07, 6.45) is 5.22. The maximum absolute atomic E-state index is 9.12. The molecule has 1 N–H and O–H groups in total. The van der Waals surface area contributed by atoms with Crippen LogP contribution in [0.25, 0.3) is 0 Å². The highest BCUT2D eigenvalue weighted by molar-refractivity contribution is 5.20. The second-order valence-electron chi connectivity index (χ2n) is 5.05. The van der Waals surface area contributed by atoms with Crippen LogP contribution >= 0.6 is 0 Å². The average molecular weight is 234 g/mol. The van der Waals surface area contributed by atoms with Gasteiger partial charge in [0.05, 0.1) is 5.60 Å². The van der Waals surface area contributed by atoms with Gasteiger partial charge >= 0.3 is 0 Å². The molecule has 0 aliphatic heterocycles. The van der Waals surface area contributed by atoms with E-state index in [1.54, 1.807) is 7.11 Å². The summed E-state index contributed by atoms with van der Waals surface area (Å²) >= 11 is 0. The van der Waals surface area contributed by atoms with Crippen LogP contribution in [0.15, 0.2) is 30.3 Å². The molecule has 1 saturated carbocycles. The van der Waals surface area contributed by atoms with Crippen LogP contribution in [0.2, 0.25) is 0 Å². The van der Waals surface area contributed by atoms with Gasteiger partial charge < -0.3 is 9.84 Å². The second kappa shape index (κ2) is 5.65. The van der Waals surface area contributed by atoms with Crippen molar-refractivity contribution in [3.05, 3.63) is 35.9 Å². The van der Waals surface area contributed by atoms with Crippen LogP contribution in [0.5, 0.6) is 0 Å². The highest BCUT2D eigenvalue weighted by Gasteiger charge is 2.35.